The Bertz CT molecular complexity index is 707. The maximum absolute atomic E-state index is 6.52. The summed E-state index contributed by atoms with van der Waals surface area (Å²) in [5.41, 5.74) is 2.89. The van der Waals surface area contributed by atoms with Crippen molar-refractivity contribution in [2.75, 3.05) is 26.4 Å². The van der Waals surface area contributed by atoms with Gasteiger partial charge in [-0.2, -0.15) is 0 Å². The zero-order valence-electron chi connectivity index (χ0n) is 23.6. The number of epoxide rings is 2. The van der Waals surface area contributed by atoms with E-state index in [-0.39, 0.29) is 35.6 Å². The minimum absolute atomic E-state index is 0.0255. The number of allylic oxidation sites excluding steroid dienone is 2. The van der Waals surface area contributed by atoms with Crippen molar-refractivity contribution in [3.63, 3.8) is 0 Å². The van der Waals surface area contributed by atoms with E-state index in [4.69, 9.17) is 28.4 Å². The molecule has 2 aliphatic carbocycles. The van der Waals surface area contributed by atoms with Crippen LogP contribution in [-0.2, 0) is 28.4 Å². The van der Waals surface area contributed by atoms with Crippen LogP contribution in [0.2, 0.25) is 0 Å². The molecule has 4 fully saturated rings. The van der Waals surface area contributed by atoms with E-state index >= 15 is 0 Å². The summed E-state index contributed by atoms with van der Waals surface area (Å²) in [4.78, 5) is 0. The van der Waals surface area contributed by atoms with E-state index in [1.54, 1.807) is 0 Å². The van der Waals surface area contributed by atoms with Gasteiger partial charge in [0.1, 0.15) is 0 Å². The summed E-state index contributed by atoms with van der Waals surface area (Å²) < 4.78 is 36.1. The smallest absolute Gasteiger partial charge is 0.155 e. The van der Waals surface area contributed by atoms with Crippen LogP contribution in [0.1, 0.15) is 92.9 Å². The van der Waals surface area contributed by atoms with Gasteiger partial charge in [-0.3, -0.25) is 0 Å². The van der Waals surface area contributed by atoms with Crippen LogP contribution in [0.3, 0.4) is 0 Å². The molecule has 0 aromatic rings. The molecule has 8 atom stereocenters. The van der Waals surface area contributed by atoms with Gasteiger partial charge in [0.05, 0.1) is 37.6 Å². The van der Waals surface area contributed by atoms with E-state index in [2.05, 4.69) is 26.0 Å². The Morgan fingerprint density at radius 2 is 1.17 bits per heavy atom. The van der Waals surface area contributed by atoms with Gasteiger partial charge in [-0.25, -0.2) is 0 Å². The fourth-order valence-corrected chi connectivity index (χ4v) is 6.61. The molecule has 36 heavy (non-hydrogen) atoms. The van der Waals surface area contributed by atoms with Gasteiger partial charge in [0.25, 0.3) is 0 Å². The summed E-state index contributed by atoms with van der Waals surface area (Å²) in [5, 5.41) is 0. The molecule has 0 aromatic heterocycles. The molecule has 2 aliphatic heterocycles. The molecule has 4 unspecified atom stereocenters. The van der Waals surface area contributed by atoms with Gasteiger partial charge in [0.2, 0.25) is 0 Å². The molecule has 6 nitrogen and oxygen atoms in total. The second kappa shape index (κ2) is 12.4. The Labute approximate surface area is 219 Å². The third-order valence-electron chi connectivity index (χ3n) is 8.81. The molecule has 0 bridgehead atoms. The standard InChI is InChI=1S/C30H50O6/c1-7-31-21(3)35-27-23(15-11-17-29(27,5)25-19-33-25)13-9-10-14-24-16-12-18-30(6,26-20-34-26)28(24)36-22(4)32-8-2/h13-14,21-22,25-28H,7-12,15-20H2,1-6H3/b23-13-,24-14-/t21?,22?,25?,26?,27-,28-,29-,30-/m1/s1. The van der Waals surface area contributed by atoms with E-state index in [9.17, 15) is 0 Å². The van der Waals surface area contributed by atoms with Gasteiger partial charge in [-0.1, -0.05) is 26.0 Å². The van der Waals surface area contributed by atoms with Crippen LogP contribution in [0, 0.1) is 10.8 Å². The first-order valence-corrected chi connectivity index (χ1v) is 14.5. The van der Waals surface area contributed by atoms with Crippen LogP contribution in [0.15, 0.2) is 23.3 Å². The zero-order valence-corrected chi connectivity index (χ0v) is 23.6. The largest absolute Gasteiger partial charge is 0.372 e. The van der Waals surface area contributed by atoms with Gasteiger partial charge >= 0.3 is 0 Å². The van der Waals surface area contributed by atoms with Gasteiger partial charge in [-0.15, -0.1) is 0 Å². The van der Waals surface area contributed by atoms with Crippen molar-refractivity contribution in [2.45, 2.75) is 130 Å². The van der Waals surface area contributed by atoms with Crippen molar-refractivity contribution in [1.82, 2.24) is 0 Å². The Morgan fingerprint density at radius 3 is 1.50 bits per heavy atom. The van der Waals surface area contributed by atoms with Crippen LogP contribution in [0.25, 0.3) is 0 Å². The van der Waals surface area contributed by atoms with Crippen molar-refractivity contribution < 1.29 is 28.4 Å². The number of hydrogen-bond donors (Lipinski definition) is 0. The van der Waals surface area contributed by atoms with Crippen molar-refractivity contribution in [3.05, 3.63) is 23.3 Å². The summed E-state index contributed by atoms with van der Waals surface area (Å²) in [7, 11) is 0. The van der Waals surface area contributed by atoms with Gasteiger partial charge in [0, 0.05) is 24.0 Å². The van der Waals surface area contributed by atoms with Crippen molar-refractivity contribution in [3.8, 4) is 0 Å². The lowest BCUT2D eigenvalue weighted by Crippen LogP contribution is -2.45. The minimum Gasteiger partial charge on any atom is -0.372 e. The highest BCUT2D eigenvalue weighted by molar-refractivity contribution is 5.22. The number of ether oxygens (including phenoxy) is 6. The Balaban J connectivity index is 1.45. The zero-order chi connectivity index (χ0) is 25.8. The quantitative estimate of drug-likeness (QED) is 0.126. The normalized spacial score (nSPS) is 40.4. The maximum atomic E-state index is 6.52. The molecule has 4 rings (SSSR count). The molecule has 0 N–H and O–H groups in total. The molecular formula is C30H50O6. The van der Waals surface area contributed by atoms with E-state index in [0.29, 0.717) is 25.4 Å². The summed E-state index contributed by atoms with van der Waals surface area (Å²) in [6.45, 7) is 15.8. The first-order valence-electron chi connectivity index (χ1n) is 14.5. The molecule has 2 heterocycles. The van der Waals surface area contributed by atoms with Crippen LogP contribution >= 0.6 is 0 Å². The molecule has 0 radical (unpaired) electrons. The highest BCUT2D eigenvalue weighted by Gasteiger charge is 2.53. The molecular weight excluding hydrogens is 456 g/mol. The van der Waals surface area contributed by atoms with Crippen LogP contribution in [0.4, 0.5) is 0 Å². The molecule has 2 saturated carbocycles. The molecule has 6 heteroatoms. The Hall–Kier alpha value is -0.760. The average Bonchev–Trinajstić information content (AvgIpc) is 3.73. The van der Waals surface area contributed by atoms with E-state index < -0.39 is 0 Å². The summed E-state index contributed by atoms with van der Waals surface area (Å²) in [6, 6.07) is 0. The SMILES string of the molecule is CCOC(C)O[C@@H]1/C(=C\CC/C=C2/CCC[C@](C)(C3CO3)[C@@H]2OC(C)OCC)CCC[C@]1(C)C1CO1. The second-order valence-electron chi connectivity index (χ2n) is 11.6. The summed E-state index contributed by atoms with van der Waals surface area (Å²) in [6.07, 6.45) is 14.0. The lowest BCUT2D eigenvalue weighted by atomic mass is 9.68. The van der Waals surface area contributed by atoms with Gasteiger partial charge in [-0.05, 0) is 90.2 Å². The molecule has 206 valence electrons. The predicted octanol–water partition coefficient (Wildman–Crippen LogP) is 6.33. The highest BCUT2D eigenvalue weighted by Crippen LogP contribution is 2.50. The van der Waals surface area contributed by atoms with Crippen molar-refractivity contribution in [1.29, 1.82) is 0 Å². The lowest BCUT2D eigenvalue weighted by molar-refractivity contribution is -0.182. The van der Waals surface area contributed by atoms with E-state index in [1.165, 1.54) is 24.0 Å². The van der Waals surface area contributed by atoms with E-state index in [1.807, 2.05) is 27.7 Å². The number of unbranched alkanes of at least 4 members (excludes halogenated alkanes) is 1. The third-order valence-corrected chi connectivity index (χ3v) is 8.81. The number of rotatable bonds is 13. The Kier molecular flexibility index (Phi) is 9.73. The van der Waals surface area contributed by atoms with Gasteiger partial charge < -0.3 is 28.4 Å². The maximum Gasteiger partial charge on any atom is 0.155 e. The van der Waals surface area contributed by atoms with E-state index in [0.717, 1.165) is 51.7 Å². The van der Waals surface area contributed by atoms with Crippen LogP contribution in [-0.4, -0.2) is 63.4 Å². The fourth-order valence-electron chi connectivity index (χ4n) is 6.61. The summed E-state index contributed by atoms with van der Waals surface area (Å²) >= 11 is 0. The van der Waals surface area contributed by atoms with Crippen molar-refractivity contribution in [2.24, 2.45) is 10.8 Å². The topological polar surface area (TPSA) is 62.0 Å². The first-order chi connectivity index (χ1) is 17.3. The van der Waals surface area contributed by atoms with Crippen LogP contribution < -0.4 is 0 Å². The third kappa shape index (κ3) is 6.62. The second-order valence-corrected chi connectivity index (χ2v) is 11.6. The molecule has 2 saturated heterocycles. The first kappa shape index (κ1) is 28.3. The molecule has 0 aromatic carbocycles. The van der Waals surface area contributed by atoms with Gasteiger partial charge in [0.15, 0.2) is 12.6 Å². The predicted molar refractivity (Wildman–Crippen MR) is 141 cm³/mol. The lowest BCUT2D eigenvalue weighted by Gasteiger charge is -2.43. The molecule has 0 spiro atoms. The molecule has 0 amide bonds. The fraction of sp³-hybridized carbons (Fsp3) is 0.867. The molecule has 4 aliphatic rings. The van der Waals surface area contributed by atoms with Crippen molar-refractivity contribution >= 4 is 0 Å². The average molecular weight is 507 g/mol. The minimum atomic E-state index is -0.212. The van der Waals surface area contributed by atoms with Crippen LogP contribution in [0.5, 0.6) is 0 Å². The summed E-state index contributed by atoms with van der Waals surface area (Å²) in [5.74, 6) is 0. The monoisotopic (exact) mass is 506 g/mol. The highest BCUT2D eigenvalue weighted by atomic mass is 16.7. The Morgan fingerprint density at radius 1 is 0.778 bits per heavy atom. The number of hydrogen-bond acceptors (Lipinski definition) is 6.